The van der Waals surface area contributed by atoms with Crippen LogP contribution in [0.5, 0.6) is 0 Å². The molecule has 0 spiro atoms. The lowest BCUT2D eigenvalue weighted by molar-refractivity contribution is 0.632. The maximum atomic E-state index is 4.75. The third kappa shape index (κ3) is 4.27. The molecule has 2 heterocycles. The van der Waals surface area contributed by atoms with Gasteiger partial charge < -0.3 is 5.32 Å². The van der Waals surface area contributed by atoms with E-state index in [0.717, 1.165) is 47.9 Å². The Bertz CT molecular complexity index is 621. The molecule has 0 unspecified atom stereocenters. The molecule has 0 saturated heterocycles. The highest BCUT2D eigenvalue weighted by atomic mass is 79.9. The van der Waals surface area contributed by atoms with Gasteiger partial charge in [-0.2, -0.15) is 0 Å². The van der Waals surface area contributed by atoms with Gasteiger partial charge in [-0.1, -0.05) is 13.8 Å². The third-order valence-corrected chi connectivity index (χ3v) is 6.82. The van der Waals surface area contributed by atoms with Crippen molar-refractivity contribution in [2.24, 2.45) is 5.92 Å². The molecule has 7 heteroatoms. The molecule has 0 amide bonds. The summed E-state index contributed by atoms with van der Waals surface area (Å²) in [5.41, 5.74) is 1.05. The zero-order chi connectivity index (χ0) is 15.6. The standard InChI is InChI=1S/C14H16Br3N3S/c1-4-18-14-11(16)9(5-7(2)3)19-13(20-14)10-6-8(15)12(17)21-10/h6-7H,4-5H2,1-3H3,(H,18,19,20). The van der Waals surface area contributed by atoms with E-state index < -0.39 is 0 Å². The van der Waals surface area contributed by atoms with Crippen LogP contribution in [0.1, 0.15) is 26.5 Å². The second-order valence-corrected chi connectivity index (χ2v) is 9.03. The first kappa shape index (κ1) is 17.4. The van der Waals surface area contributed by atoms with Crippen molar-refractivity contribution in [3.05, 3.63) is 24.5 Å². The number of hydrogen-bond acceptors (Lipinski definition) is 4. The summed E-state index contributed by atoms with van der Waals surface area (Å²) in [6.45, 7) is 7.28. The number of hydrogen-bond donors (Lipinski definition) is 1. The molecule has 3 nitrogen and oxygen atoms in total. The average Bonchev–Trinajstić information content (AvgIpc) is 2.74. The van der Waals surface area contributed by atoms with Crippen molar-refractivity contribution in [2.45, 2.75) is 27.2 Å². The molecular weight excluding hydrogens is 482 g/mol. The molecule has 0 bridgehead atoms. The van der Waals surface area contributed by atoms with E-state index >= 15 is 0 Å². The summed E-state index contributed by atoms with van der Waals surface area (Å²) < 4.78 is 3.06. The molecule has 0 radical (unpaired) electrons. The highest BCUT2D eigenvalue weighted by molar-refractivity contribution is 9.13. The molecule has 0 aliphatic rings. The van der Waals surface area contributed by atoms with Gasteiger partial charge in [-0.15, -0.1) is 11.3 Å². The largest absolute Gasteiger partial charge is 0.369 e. The molecule has 0 atom stereocenters. The van der Waals surface area contributed by atoms with E-state index in [1.165, 1.54) is 0 Å². The molecule has 0 aliphatic carbocycles. The van der Waals surface area contributed by atoms with Crippen LogP contribution in [0, 0.1) is 5.92 Å². The van der Waals surface area contributed by atoms with Gasteiger partial charge in [-0.3, -0.25) is 0 Å². The lowest BCUT2D eigenvalue weighted by Crippen LogP contribution is -2.07. The number of rotatable bonds is 5. The van der Waals surface area contributed by atoms with Crippen molar-refractivity contribution in [1.82, 2.24) is 9.97 Å². The predicted molar refractivity (Wildman–Crippen MR) is 101 cm³/mol. The molecule has 2 rings (SSSR count). The average molecular weight is 498 g/mol. The zero-order valence-electron chi connectivity index (χ0n) is 12.0. The van der Waals surface area contributed by atoms with E-state index in [0.29, 0.717) is 5.92 Å². The first-order valence-electron chi connectivity index (χ1n) is 6.67. The molecule has 1 N–H and O–H groups in total. The van der Waals surface area contributed by atoms with Gasteiger partial charge in [0.2, 0.25) is 0 Å². The van der Waals surface area contributed by atoms with Gasteiger partial charge in [0.05, 0.1) is 18.8 Å². The second-order valence-electron chi connectivity index (χ2n) is 5.02. The van der Waals surface area contributed by atoms with Crippen LogP contribution in [0.4, 0.5) is 5.82 Å². The van der Waals surface area contributed by atoms with Crippen molar-refractivity contribution in [2.75, 3.05) is 11.9 Å². The van der Waals surface area contributed by atoms with Crippen LogP contribution >= 0.6 is 59.1 Å². The van der Waals surface area contributed by atoms with Gasteiger partial charge in [0.25, 0.3) is 0 Å². The summed E-state index contributed by atoms with van der Waals surface area (Å²) in [7, 11) is 0. The Labute approximate surface area is 154 Å². The maximum Gasteiger partial charge on any atom is 0.172 e. The molecule has 0 fully saturated rings. The highest BCUT2D eigenvalue weighted by Crippen LogP contribution is 2.38. The summed E-state index contributed by atoms with van der Waals surface area (Å²) >= 11 is 12.3. The molecule has 2 aromatic heterocycles. The molecule has 0 aromatic carbocycles. The normalized spacial score (nSPS) is 11.2. The van der Waals surface area contributed by atoms with Crippen molar-refractivity contribution < 1.29 is 0 Å². The lowest BCUT2D eigenvalue weighted by Gasteiger charge is -2.13. The Hall–Kier alpha value is 0.0200. The van der Waals surface area contributed by atoms with Gasteiger partial charge in [-0.25, -0.2) is 9.97 Å². The van der Waals surface area contributed by atoms with Crippen molar-refractivity contribution in [1.29, 1.82) is 0 Å². The number of nitrogens with zero attached hydrogens (tertiary/aromatic N) is 2. The molecule has 21 heavy (non-hydrogen) atoms. The molecule has 0 aliphatic heterocycles. The first-order valence-corrected chi connectivity index (χ1v) is 9.87. The summed E-state index contributed by atoms with van der Waals surface area (Å²) in [6, 6.07) is 2.05. The summed E-state index contributed by atoms with van der Waals surface area (Å²) in [5, 5.41) is 3.30. The van der Waals surface area contributed by atoms with Crippen LogP contribution in [0.25, 0.3) is 10.7 Å². The van der Waals surface area contributed by atoms with Gasteiger partial charge in [0.1, 0.15) is 5.82 Å². The second kappa shape index (κ2) is 7.53. The van der Waals surface area contributed by atoms with Gasteiger partial charge in [0, 0.05) is 11.0 Å². The molecular formula is C14H16Br3N3S. The lowest BCUT2D eigenvalue weighted by atomic mass is 10.1. The zero-order valence-corrected chi connectivity index (χ0v) is 17.6. The third-order valence-electron chi connectivity index (χ3n) is 2.73. The van der Waals surface area contributed by atoms with E-state index in [1.54, 1.807) is 11.3 Å². The Morgan fingerprint density at radius 3 is 2.48 bits per heavy atom. The number of thiophene rings is 1. The summed E-state index contributed by atoms with van der Waals surface area (Å²) in [6.07, 6.45) is 0.919. The van der Waals surface area contributed by atoms with Crippen LogP contribution in [0.2, 0.25) is 0 Å². The van der Waals surface area contributed by atoms with E-state index in [-0.39, 0.29) is 0 Å². The van der Waals surface area contributed by atoms with E-state index in [4.69, 9.17) is 4.98 Å². The fourth-order valence-corrected chi connectivity index (χ4v) is 4.32. The Balaban J connectivity index is 2.52. The van der Waals surface area contributed by atoms with Crippen LogP contribution < -0.4 is 5.32 Å². The van der Waals surface area contributed by atoms with Crippen LogP contribution in [-0.4, -0.2) is 16.5 Å². The van der Waals surface area contributed by atoms with E-state index in [2.05, 4.69) is 78.9 Å². The minimum atomic E-state index is 0.542. The number of halogens is 3. The highest BCUT2D eigenvalue weighted by Gasteiger charge is 2.16. The summed E-state index contributed by atoms with van der Waals surface area (Å²) in [4.78, 5) is 10.5. The molecule has 0 saturated carbocycles. The summed E-state index contributed by atoms with van der Waals surface area (Å²) in [5.74, 6) is 2.17. The van der Waals surface area contributed by atoms with Crippen molar-refractivity contribution in [3.8, 4) is 10.7 Å². The Kier molecular flexibility index (Phi) is 6.23. The topological polar surface area (TPSA) is 37.8 Å². The molecule has 114 valence electrons. The fourth-order valence-electron chi connectivity index (χ4n) is 1.87. The minimum Gasteiger partial charge on any atom is -0.369 e. The molecule has 2 aromatic rings. The van der Waals surface area contributed by atoms with Gasteiger partial charge in [0.15, 0.2) is 5.82 Å². The van der Waals surface area contributed by atoms with Crippen molar-refractivity contribution in [3.63, 3.8) is 0 Å². The Morgan fingerprint density at radius 2 is 1.95 bits per heavy atom. The fraction of sp³-hybridized carbons (Fsp3) is 0.429. The van der Waals surface area contributed by atoms with Gasteiger partial charge >= 0.3 is 0 Å². The minimum absolute atomic E-state index is 0.542. The number of aromatic nitrogens is 2. The van der Waals surface area contributed by atoms with Crippen LogP contribution in [-0.2, 0) is 6.42 Å². The first-order chi connectivity index (χ1) is 9.92. The monoisotopic (exact) mass is 495 g/mol. The predicted octanol–water partition coefficient (Wildman–Crippen LogP) is 6.12. The SMILES string of the molecule is CCNc1nc(-c2cc(Br)c(Br)s2)nc(CC(C)C)c1Br. The number of anilines is 1. The van der Waals surface area contributed by atoms with Crippen LogP contribution in [0.15, 0.2) is 18.8 Å². The quantitative estimate of drug-likeness (QED) is 0.540. The number of nitrogens with one attached hydrogen (secondary N) is 1. The van der Waals surface area contributed by atoms with Gasteiger partial charge in [-0.05, 0) is 73.1 Å². The van der Waals surface area contributed by atoms with E-state index in [1.807, 2.05) is 6.07 Å². The maximum absolute atomic E-state index is 4.75. The van der Waals surface area contributed by atoms with E-state index in [9.17, 15) is 0 Å². The Morgan fingerprint density at radius 1 is 1.24 bits per heavy atom. The van der Waals surface area contributed by atoms with Crippen LogP contribution in [0.3, 0.4) is 0 Å². The van der Waals surface area contributed by atoms with Crippen molar-refractivity contribution >= 4 is 64.9 Å². The smallest absolute Gasteiger partial charge is 0.172 e.